The predicted octanol–water partition coefficient (Wildman–Crippen LogP) is 6.43. The molecule has 0 saturated carbocycles. The van der Waals surface area contributed by atoms with E-state index in [0.717, 1.165) is 21.2 Å². The number of rotatable bonds is 7. The zero-order chi connectivity index (χ0) is 23.1. The van der Waals surface area contributed by atoms with Gasteiger partial charge in [-0.2, -0.15) is 5.26 Å². The Morgan fingerprint density at radius 1 is 1.19 bits per heavy atom. The van der Waals surface area contributed by atoms with Gasteiger partial charge in [0.2, 0.25) is 0 Å². The molecule has 0 radical (unpaired) electrons. The highest BCUT2D eigenvalue weighted by Crippen LogP contribution is 2.32. The monoisotopic (exact) mass is 492 g/mol. The SMILES string of the molecule is CCOc1cc(/C=C(\C#N)C(=O)Nc2ccccc2C)cc(Br)c1Cc1cccc(F)c1. The van der Waals surface area contributed by atoms with Crippen LogP contribution < -0.4 is 10.1 Å². The van der Waals surface area contributed by atoms with E-state index in [9.17, 15) is 14.4 Å². The second kappa shape index (κ2) is 10.7. The number of nitriles is 1. The first kappa shape index (κ1) is 23.2. The number of amides is 1. The van der Waals surface area contributed by atoms with E-state index in [1.807, 2.05) is 50.2 Å². The normalized spacial score (nSPS) is 11.0. The fraction of sp³-hybridized carbons (Fsp3) is 0.154. The average molecular weight is 493 g/mol. The van der Waals surface area contributed by atoms with Gasteiger partial charge in [0.25, 0.3) is 5.91 Å². The molecule has 0 aliphatic heterocycles. The Bertz CT molecular complexity index is 1210. The highest BCUT2D eigenvalue weighted by atomic mass is 79.9. The average Bonchev–Trinajstić information content (AvgIpc) is 2.76. The van der Waals surface area contributed by atoms with Gasteiger partial charge >= 0.3 is 0 Å². The van der Waals surface area contributed by atoms with E-state index in [1.54, 1.807) is 18.2 Å². The molecule has 3 aromatic rings. The summed E-state index contributed by atoms with van der Waals surface area (Å²) in [6.45, 7) is 4.20. The van der Waals surface area contributed by atoms with Crippen molar-refractivity contribution < 1.29 is 13.9 Å². The zero-order valence-electron chi connectivity index (χ0n) is 17.8. The van der Waals surface area contributed by atoms with Gasteiger partial charge in [0, 0.05) is 22.1 Å². The minimum Gasteiger partial charge on any atom is -0.494 e. The number of hydrogen-bond donors (Lipinski definition) is 1. The van der Waals surface area contributed by atoms with Crippen molar-refractivity contribution in [2.75, 3.05) is 11.9 Å². The van der Waals surface area contributed by atoms with Crippen molar-refractivity contribution in [2.24, 2.45) is 0 Å². The van der Waals surface area contributed by atoms with Crippen LogP contribution in [0.4, 0.5) is 10.1 Å². The van der Waals surface area contributed by atoms with Crippen LogP contribution >= 0.6 is 15.9 Å². The second-order valence-corrected chi connectivity index (χ2v) is 8.01. The fourth-order valence-electron chi connectivity index (χ4n) is 3.24. The van der Waals surface area contributed by atoms with Crippen molar-refractivity contribution in [1.82, 2.24) is 0 Å². The third kappa shape index (κ3) is 5.83. The summed E-state index contributed by atoms with van der Waals surface area (Å²) in [6, 6.07) is 19.3. The molecule has 0 aliphatic rings. The first-order chi connectivity index (χ1) is 15.4. The number of anilines is 1. The third-order valence-electron chi connectivity index (χ3n) is 4.82. The first-order valence-corrected chi connectivity index (χ1v) is 10.9. The lowest BCUT2D eigenvalue weighted by atomic mass is 10.0. The molecule has 0 atom stereocenters. The van der Waals surface area contributed by atoms with Crippen LogP contribution in [0.25, 0.3) is 6.08 Å². The maximum Gasteiger partial charge on any atom is 0.266 e. The van der Waals surface area contributed by atoms with Crippen molar-refractivity contribution in [3.8, 4) is 11.8 Å². The van der Waals surface area contributed by atoms with Gasteiger partial charge in [0.15, 0.2) is 0 Å². The summed E-state index contributed by atoms with van der Waals surface area (Å²) in [5, 5.41) is 12.3. The van der Waals surface area contributed by atoms with E-state index in [4.69, 9.17) is 4.74 Å². The summed E-state index contributed by atoms with van der Waals surface area (Å²) in [4.78, 5) is 12.7. The number of carbonyl (C=O) groups excluding carboxylic acids is 1. The Morgan fingerprint density at radius 3 is 2.66 bits per heavy atom. The van der Waals surface area contributed by atoms with Crippen LogP contribution in [0.1, 0.15) is 29.2 Å². The van der Waals surface area contributed by atoms with Crippen LogP contribution in [0.5, 0.6) is 5.75 Å². The van der Waals surface area contributed by atoms with Crippen LogP contribution in [-0.2, 0) is 11.2 Å². The summed E-state index contributed by atoms with van der Waals surface area (Å²) < 4.78 is 20.2. The van der Waals surface area contributed by atoms with Crippen molar-refractivity contribution in [1.29, 1.82) is 5.26 Å². The number of nitrogens with one attached hydrogen (secondary N) is 1. The van der Waals surface area contributed by atoms with Gasteiger partial charge in [0.1, 0.15) is 23.2 Å². The molecule has 0 unspecified atom stereocenters. The number of nitrogens with zero attached hydrogens (tertiary/aromatic N) is 1. The summed E-state index contributed by atoms with van der Waals surface area (Å²) in [5.74, 6) is -0.178. The predicted molar refractivity (Wildman–Crippen MR) is 128 cm³/mol. The Kier molecular flexibility index (Phi) is 7.80. The molecule has 0 bridgehead atoms. The van der Waals surface area contributed by atoms with Gasteiger partial charge in [-0.1, -0.05) is 46.3 Å². The van der Waals surface area contributed by atoms with Crippen LogP contribution in [-0.4, -0.2) is 12.5 Å². The van der Waals surface area contributed by atoms with Crippen LogP contribution in [0, 0.1) is 24.1 Å². The van der Waals surface area contributed by atoms with Gasteiger partial charge in [0.05, 0.1) is 6.61 Å². The Balaban J connectivity index is 1.92. The molecular weight excluding hydrogens is 471 g/mol. The molecule has 162 valence electrons. The molecule has 0 fully saturated rings. The van der Waals surface area contributed by atoms with Crippen LogP contribution in [0.15, 0.2) is 70.7 Å². The molecule has 1 amide bonds. The number of hydrogen-bond acceptors (Lipinski definition) is 3. The van der Waals surface area contributed by atoms with Gasteiger partial charge in [-0.05, 0) is 66.9 Å². The van der Waals surface area contributed by atoms with E-state index >= 15 is 0 Å². The molecule has 0 heterocycles. The van der Waals surface area contributed by atoms with Gasteiger partial charge < -0.3 is 10.1 Å². The third-order valence-corrected chi connectivity index (χ3v) is 5.52. The van der Waals surface area contributed by atoms with Crippen molar-refractivity contribution in [2.45, 2.75) is 20.3 Å². The molecule has 0 aliphatic carbocycles. The van der Waals surface area contributed by atoms with E-state index in [1.165, 1.54) is 18.2 Å². The molecule has 4 nitrogen and oxygen atoms in total. The fourth-order valence-corrected chi connectivity index (χ4v) is 3.84. The minimum atomic E-state index is -0.486. The molecule has 6 heteroatoms. The number of ether oxygens (including phenoxy) is 1. The highest BCUT2D eigenvalue weighted by Gasteiger charge is 2.14. The number of carbonyl (C=O) groups is 1. The number of aryl methyl sites for hydroxylation is 1. The molecule has 3 aromatic carbocycles. The van der Waals surface area contributed by atoms with E-state index in [0.29, 0.717) is 30.0 Å². The lowest BCUT2D eigenvalue weighted by molar-refractivity contribution is -0.112. The second-order valence-electron chi connectivity index (χ2n) is 7.16. The standard InChI is InChI=1S/C26H22BrFN2O2/c1-3-32-25-15-19(14-23(27)22(25)13-18-8-6-9-21(28)12-18)11-20(16-29)26(31)30-24-10-5-4-7-17(24)2/h4-12,14-15H,3,13H2,1-2H3,(H,30,31)/b20-11+. The van der Waals surface area contributed by atoms with Crippen LogP contribution in [0.3, 0.4) is 0 Å². The highest BCUT2D eigenvalue weighted by molar-refractivity contribution is 9.10. The van der Waals surface area contributed by atoms with E-state index in [-0.39, 0.29) is 11.4 Å². The number of halogens is 2. The van der Waals surface area contributed by atoms with Crippen molar-refractivity contribution in [3.63, 3.8) is 0 Å². The van der Waals surface area contributed by atoms with Crippen molar-refractivity contribution >= 4 is 33.6 Å². The Morgan fingerprint density at radius 2 is 1.97 bits per heavy atom. The smallest absolute Gasteiger partial charge is 0.266 e. The van der Waals surface area contributed by atoms with E-state index < -0.39 is 5.91 Å². The maximum absolute atomic E-state index is 13.6. The largest absolute Gasteiger partial charge is 0.494 e. The topological polar surface area (TPSA) is 62.1 Å². The molecule has 32 heavy (non-hydrogen) atoms. The summed E-state index contributed by atoms with van der Waals surface area (Å²) in [5.41, 5.74) is 3.84. The Labute approximate surface area is 195 Å². The quantitative estimate of drug-likeness (QED) is 0.305. The van der Waals surface area contributed by atoms with Crippen molar-refractivity contribution in [3.05, 3.63) is 98.8 Å². The minimum absolute atomic E-state index is 0.0273. The summed E-state index contributed by atoms with van der Waals surface area (Å²) >= 11 is 3.57. The van der Waals surface area contributed by atoms with Gasteiger partial charge in [-0.3, -0.25) is 4.79 Å². The summed E-state index contributed by atoms with van der Waals surface area (Å²) in [7, 11) is 0. The number of para-hydroxylation sites is 1. The molecule has 0 saturated heterocycles. The van der Waals surface area contributed by atoms with Gasteiger partial charge in [-0.25, -0.2) is 4.39 Å². The number of benzene rings is 3. The van der Waals surface area contributed by atoms with Crippen LogP contribution in [0.2, 0.25) is 0 Å². The lowest BCUT2D eigenvalue weighted by Gasteiger charge is -2.14. The Hall–Kier alpha value is -3.43. The first-order valence-electron chi connectivity index (χ1n) is 10.1. The molecule has 1 N–H and O–H groups in total. The molecular formula is C26H22BrFN2O2. The van der Waals surface area contributed by atoms with E-state index in [2.05, 4.69) is 21.2 Å². The lowest BCUT2D eigenvalue weighted by Crippen LogP contribution is -2.14. The zero-order valence-corrected chi connectivity index (χ0v) is 19.4. The molecule has 0 aromatic heterocycles. The summed E-state index contributed by atoms with van der Waals surface area (Å²) in [6.07, 6.45) is 1.99. The molecule has 0 spiro atoms. The van der Waals surface area contributed by atoms with Gasteiger partial charge in [-0.15, -0.1) is 0 Å². The molecule has 3 rings (SSSR count). The maximum atomic E-state index is 13.6.